The number of nitrogens with one attached hydrogen (secondary N) is 2. The number of amides is 1. The molecule has 0 atom stereocenters. The number of benzene rings is 2. The third-order valence-corrected chi connectivity index (χ3v) is 6.42. The number of aromatic nitrogens is 3. The van der Waals surface area contributed by atoms with Gasteiger partial charge in [0.1, 0.15) is 0 Å². The van der Waals surface area contributed by atoms with Crippen molar-refractivity contribution in [3.05, 3.63) is 76.1 Å². The number of hydrogen-bond donors (Lipinski definition) is 2. The fourth-order valence-corrected chi connectivity index (χ4v) is 4.73. The second-order valence-electron chi connectivity index (χ2n) is 7.86. The minimum absolute atomic E-state index is 0.152. The van der Waals surface area contributed by atoms with Crippen molar-refractivity contribution in [1.29, 1.82) is 0 Å². The van der Waals surface area contributed by atoms with E-state index < -0.39 is 0 Å². The maximum Gasteiger partial charge on any atom is 0.283 e. The SMILES string of the molecule is O=C(NCCC1=CCCCC1)c1ccc2c(=O)n3nc(Nc4ccccc4)sc3nc2c1. The molecule has 1 aliphatic rings. The first-order chi connectivity index (χ1) is 15.7. The van der Waals surface area contributed by atoms with E-state index in [4.69, 9.17) is 0 Å². The standard InChI is InChI=1S/C24H23N5O2S/c30-21(25-14-13-16-7-3-1-4-8-16)17-11-12-19-20(15-17)27-24-29(22(19)31)28-23(32-24)26-18-9-5-2-6-10-18/h2,5-7,9-12,15H,1,3-4,8,13-14H2,(H,25,30)(H,26,28). The van der Waals surface area contributed by atoms with Gasteiger partial charge in [0.05, 0.1) is 10.9 Å². The van der Waals surface area contributed by atoms with Crippen LogP contribution in [0.2, 0.25) is 0 Å². The van der Waals surface area contributed by atoms with Crippen molar-refractivity contribution in [2.45, 2.75) is 32.1 Å². The van der Waals surface area contributed by atoms with Crippen LogP contribution in [0, 0.1) is 0 Å². The van der Waals surface area contributed by atoms with Crippen LogP contribution in [-0.2, 0) is 0 Å². The van der Waals surface area contributed by atoms with Crippen LogP contribution in [0.15, 0.2) is 65.0 Å². The van der Waals surface area contributed by atoms with Crippen LogP contribution < -0.4 is 16.2 Å². The van der Waals surface area contributed by atoms with Crippen molar-refractivity contribution < 1.29 is 4.79 Å². The molecule has 0 unspecified atom stereocenters. The lowest BCUT2D eigenvalue weighted by Gasteiger charge is -2.13. The molecule has 5 rings (SSSR count). The van der Waals surface area contributed by atoms with Crippen molar-refractivity contribution in [3.63, 3.8) is 0 Å². The van der Waals surface area contributed by atoms with Crippen LogP contribution in [-0.4, -0.2) is 27.0 Å². The molecule has 0 radical (unpaired) electrons. The predicted octanol–water partition coefficient (Wildman–Crippen LogP) is 4.67. The van der Waals surface area contributed by atoms with Gasteiger partial charge in [-0.25, -0.2) is 4.98 Å². The lowest BCUT2D eigenvalue weighted by molar-refractivity contribution is 0.0954. The Bertz CT molecular complexity index is 1370. The smallest absolute Gasteiger partial charge is 0.283 e. The van der Waals surface area contributed by atoms with Crippen molar-refractivity contribution in [2.24, 2.45) is 0 Å². The quantitative estimate of drug-likeness (QED) is 0.421. The number of rotatable bonds is 6. The van der Waals surface area contributed by atoms with Crippen molar-refractivity contribution in [2.75, 3.05) is 11.9 Å². The number of para-hydroxylation sites is 1. The van der Waals surface area contributed by atoms with Crippen LogP contribution in [0.4, 0.5) is 10.8 Å². The Balaban J connectivity index is 1.36. The number of fused-ring (bicyclic) bond motifs is 2. The van der Waals surface area contributed by atoms with Crippen LogP contribution >= 0.6 is 11.3 Å². The molecule has 0 spiro atoms. The zero-order valence-corrected chi connectivity index (χ0v) is 18.3. The molecule has 2 aromatic heterocycles. The second-order valence-corrected chi connectivity index (χ2v) is 8.81. The second kappa shape index (κ2) is 8.92. The molecule has 1 aliphatic carbocycles. The Morgan fingerprint density at radius 1 is 1.12 bits per heavy atom. The van der Waals surface area contributed by atoms with Gasteiger partial charge < -0.3 is 10.6 Å². The van der Waals surface area contributed by atoms with Crippen molar-refractivity contribution in [3.8, 4) is 0 Å². The summed E-state index contributed by atoms with van der Waals surface area (Å²) in [6, 6.07) is 14.6. The van der Waals surface area contributed by atoms with Gasteiger partial charge in [-0.05, 0) is 62.4 Å². The van der Waals surface area contributed by atoms with Gasteiger partial charge in [-0.3, -0.25) is 9.59 Å². The van der Waals surface area contributed by atoms with E-state index in [-0.39, 0.29) is 11.5 Å². The molecule has 2 N–H and O–H groups in total. The molecule has 162 valence electrons. The van der Waals surface area contributed by atoms with E-state index >= 15 is 0 Å². The molecular formula is C24H23N5O2S. The van der Waals surface area contributed by atoms with Crippen molar-refractivity contribution >= 4 is 43.9 Å². The minimum atomic E-state index is -0.251. The zero-order valence-electron chi connectivity index (χ0n) is 17.5. The summed E-state index contributed by atoms with van der Waals surface area (Å²) in [6.07, 6.45) is 7.95. The van der Waals surface area contributed by atoms with Crippen LogP contribution in [0.25, 0.3) is 15.9 Å². The number of nitrogens with zero attached hydrogens (tertiary/aromatic N) is 3. The van der Waals surface area contributed by atoms with E-state index in [1.807, 2.05) is 30.3 Å². The van der Waals surface area contributed by atoms with E-state index in [1.54, 1.807) is 18.2 Å². The number of carbonyl (C=O) groups excluding carboxylic acids is 1. The normalized spacial score (nSPS) is 13.8. The highest BCUT2D eigenvalue weighted by Gasteiger charge is 2.14. The van der Waals surface area contributed by atoms with Crippen molar-refractivity contribution in [1.82, 2.24) is 19.9 Å². The molecule has 32 heavy (non-hydrogen) atoms. The van der Waals surface area contributed by atoms with Gasteiger partial charge in [0.15, 0.2) is 0 Å². The highest BCUT2D eigenvalue weighted by molar-refractivity contribution is 7.20. The summed E-state index contributed by atoms with van der Waals surface area (Å²) < 4.78 is 1.30. The Morgan fingerprint density at radius 3 is 2.81 bits per heavy atom. The molecule has 4 aromatic rings. The van der Waals surface area contributed by atoms with Gasteiger partial charge in [0.25, 0.3) is 11.5 Å². The zero-order chi connectivity index (χ0) is 21.9. The summed E-state index contributed by atoms with van der Waals surface area (Å²) in [6.45, 7) is 0.612. The number of carbonyl (C=O) groups is 1. The highest BCUT2D eigenvalue weighted by Crippen LogP contribution is 2.23. The molecule has 2 heterocycles. The third-order valence-electron chi connectivity index (χ3n) is 5.60. The molecule has 0 bridgehead atoms. The van der Waals surface area contributed by atoms with Crippen LogP contribution in [0.5, 0.6) is 0 Å². The molecule has 0 saturated heterocycles. The summed E-state index contributed by atoms with van der Waals surface area (Å²) in [5.41, 5.74) is 3.05. The van der Waals surface area contributed by atoms with E-state index in [1.165, 1.54) is 34.3 Å². The Hall–Kier alpha value is -3.52. The van der Waals surface area contributed by atoms with E-state index in [0.717, 1.165) is 24.9 Å². The Kier molecular flexibility index (Phi) is 5.68. The van der Waals surface area contributed by atoms with Crippen LogP contribution in [0.3, 0.4) is 0 Å². The number of allylic oxidation sites excluding steroid dienone is 1. The Morgan fingerprint density at radius 2 is 2.00 bits per heavy atom. The van der Waals surface area contributed by atoms with Gasteiger partial charge in [0.2, 0.25) is 10.1 Å². The average molecular weight is 446 g/mol. The van der Waals surface area contributed by atoms with Gasteiger partial charge in [0, 0.05) is 17.8 Å². The molecule has 2 aromatic carbocycles. The summed E-state index contributed by atoms with van der Waals surface area (Å²) >= 11 is 1.29. The summed E-state index contributed by atoms with van der Waals surface area (Å²) in [7, 11) is 0. The first-order valence-electron chi connectivity index (χ1n) is 10.8. The van der Waals surface area contributed by atoms with Gasteiger partial charge in [-0.15, -0.1) is 5.10 Å². The summed E-state index contributed by atoms with van der Waals surface area (Å²) in [5, 5.41) is 11.6. The van der Waals surface area contributed by atoms with Gasteiger partial charge in [-0.2, -0.15) is 4.52 Å². The van der Waals surface area contributed by atoms with Gasteiger partial charge in [-0.1, -0.05) is 41.2 Å². The van der Waals surface area contributed by atoms with Crippen LogP contribution in [0.1, 0.15) is 42.5 Å². The first-order valence-corrected chi connectivity index (χ1v) is 11.6. The molecule has 0 aliphatic heterocycles. The largest absolute Gasteiger partial charge is 0.352 e. The third kappa shape index (κ3) is 4.27. The monoisotopic (exact) mass is 445 g/mol. The highest BCUT2D eigenvalue weighted by atomic mass is 32.1. The molecule has 1 amide bonds. The molecule has 0 saturated carbocycles. The molecule has 7 nitrogen and oxygen atoms in total. The summed E-state index contributed by atoms with van der Waals surface area (Å²) in [4.78, 5) is 30.6. The molecule has 8 heteroatoms. The van der Waals surface area contributed by atoms with E-state index in [2.05, 4.69) is 26.8 Å². The number of anilines is 2. The molecule has 0 fully saturated rings. The topological polar surface area (TPSA) is 88.4 Å². The lowest BCUT2D eigenvalue weighted by Crippen LogP contribution is -2.25. The number of hydrogen-bond acceptors (Lipinski definition) is 6. The minimum Gasteiger partial charge on any atom is -0.352 e. The predicted molar refractivity (Wildman–Crippen MR) is 128 cm³/mol. The average Bonchev–Trinajstić information content (AvgIpc) is 3.22. The maximum absolute atomic E-state index is 12.9. The lowest BCUT2D eigenvalue weighted by atomic mass is 9.97. The summed E-state index contributed by atoms with van der Waals surface area (Å²) in [5.74, 6) is -0.152. The maximum atomic E-state index is 12.9. The van der Waals surface area contributed by atoms with E-state index in [9.17, 15) is 9.59 Å². The van der Waals surface area contributed by atoms with Gasteiger partial charge >= 0.3 is 0 Å². The fraction of sp³-hybridized carbons (Fsp3) is 0.250. The first kappa shape index (κ1) is 20.4. The fourth-order valence-electron chi connectivity index (χ4n) is 3.92. The Labute approximate surface area is 188 Å². The molecular weight excluding hydrogens is 422 g/mol. The van der Waals surface area contributed by atoms with E-state index in [0.29, 0.717) is 33.1 Å².